The second-order valence-electron chi connectivity index (χ2n) is 7.87. The SMILES string of the molecule is CCOC(=O)c1sc(C2=C(C)N=C(C)C(C(=O)OCCOC)C2c2cccc([N+](=O)[O-])c2)nc1C. The van der Waals surface area contributed by atoms with Crippen LogP contribution in [0.5, 0.6) is 0 Å². The van der Waals surface area contributed by atoms with Crippen molar-refractivity contribution in [3.8, 4) is 0 Å². The van der Waals surface area contributed by atoms with Crippen LogP contribution in [0.4, 0.5) is 5.69 Å². The normalized spacial score (nSPS) is 17.7. The molecule has 2 unspecified atom stereocenters. The first-order valence-electron chi connectivity index (χ1n) is 11.0. The number of ether oxygens (including phenoxy) is 3. The van der Waals surface area contributed by atoms with Gasteiger partial charge in [-0.05, 0) is 33.3 Å². The van der Waals surface area contributed by atoms with Gasteiger partial charge >= 0.3 is 11.9 Å². The molecule has 1 aliphatic rings. The molecular formula is C24H27N3O7S. The average Bonchev–Trinajstić information content (AvgIpc) is 3.20. The Morgan fingerprint density at radius 1 is 1.17 bits per heavy atom. The monoisotopic (exact) mass is 501 g/mol. The highest BCUT2D eigenvalue weighted by atomic mass is 32.1. The Morgan fingerprint density at radius 2 is 1.91 bits per heavy atom. The first kappa shape index (κ1) is 26.2. The Labute approximate surface area is 206 Å². The molecule has 2 atom stereocenters. The summed E-state index contributed by atoms with van der Waals surface area (Å²) in [5.74, 6) is -2.51. The quantitative estimate of drug-likeness (QED) is 0.215. The van der Waals surface area contributed by atoms with E-state index in [0.29, 0.717) is 38.1 Å². The first-order chi connectivity index (χ1) is 16.7. The number of aliphatic imine (C=N–C) groups is 1. The molecule has 0 saturated heterocycles. The van der Waals surface area contributed by atoms with Gasteiger partial charge in [0.15, 0.2) is 0 Å². The molecule has 0 spiro atoms. The van der Waals surface area contributed by atoms with Crippen molar-refractivity contribution < 1.29 is 28.7 Å². The summed E-state index contributed by atoms with van der Waals surface area (Å²) in [6.07, 6.45) is 0. The van der Waals surface area contributed by atoms with Gasteiger partial charge in [-0.2, -0.15) is 0 Å². The summed E-state index contributed by atoms with van der Waals surface area (Å²) in [7, 11) is 1.50. The van der Waals surface area contributed by atoms with Crippen LogP contribution < -0.4 is 0 Å². The lowest BCUT2D eigenvalue weighted by Crippen LogP contribution is -2.34. The molecule has 0 saturated carbocycles. The summed E-state index contributed by atoms with van der Waals surface area (Å²) >= 11 is 1.14. The Hall–Kier alpha value is -3.44. The van der Waals surface area contributed by atoms with Gasteiger partial charge < -0.3 is 14.2 Å². The Morgan fingerprint density at radius 3 is 2.57 bits per heavy atom. The zero-order chi connectivity index (χ0) is 25.7. The number of nitro groups is 1. The van der Waals surface area contributed by atoms with E-state index in [9.17, 15) is 19.7 Å². The van der Waals surface area contributed by atoms with Crippen LogP contribution in [-0.2, 0) is 19.0 Å². The highest BCUT2D eigenvalue weighted by Crippen LogP contribution is 2.46. The van der Waals surface area contributed by atoms with E-state index >= 15 is 0 Å². The number of allylic oxidation sites excluding steroid dienone is 2. The van der Waals surface area contributed by atoms with Gasteiger partial charge in [0.2, 0.25) is 0 Å². The molecule has 2 heterocycles. The van der Waals surface area contributed by atoms with Crippen molar-refractivity contribution in [3.05, 3.63) is 61.2 Å². The van der Waals surface area contributed by atoms with Crippen LogP contribution in [0.15, 0.2) is 35.0 Å². The molecule has 11 heteroatoms. The lowest BCUT2D eigenvalue weighted by Gasteiger charge is -2.31. The fourth-order valence-electron chi connectivity index (χ4n) is 4.03. The van der Waals surface area contributed by atoms with Gasteiger partial charge in [0.25, 0.3) is 5.69 Å². The van der Waals surface area contributed by atoms with Gasteiger partial charge in [-0.15, -0.1) is 11.3 Å². The van der Waals surface area contributed by atoms with Gasteiger partial charge in [0.1, 0.15) is 22.4 Å². The van der Waals surface area contributed by atoms with E-state index < -0.39 is 28.7 Å². The predicted octanol–water partition coefficient (Wildman–Crippen LogP) is 4.33. The van der Waals surface area contributed by atoms with Gasteiger partial charge in [-0.25, -0.2) is 9.78 Å². The summed E-state index contributed by atoms with van der Waals surface area (Å²) < 4.78 is 15.6. The lowest BCUT2D eigenvalue weighted by molar-refractivity contribution is -0.384. The third-order valence-corrected chi connectivity index (χ3v) is 6.71. The summed E-state index contributed by atoms with van der Waals surface area (Å²) in [6, 6.07) is 6.14. The maximum Gasteiger partial charge on any atom is 0.350 e. The van der Waals surface area contributed by atoms with Crippen LogP contribution in [0.25, 0.3) is 5.57 Å². The number of carbonyl (C=O) groups excluding carboxylic acids is 2. The smallest absolute Gasteiger partial charge is 0.350 e. The van der Waals surface area contributed by atoms with Crippen molar-refractivity contribution in [1.82, 2.24) is 4.98 Å². The van der Waals surface area contributed by atoms with Crippen LogP contribution >= 0.6 is 11.3 Å². The number of hydrogen-bond acceptors (Lipinski definition) is 10. The number of benzene rings is 1. The van der Waals surface area contributed by atoms with Crippen molar-refractivity contribution in [2.45, 2.75) is 33.6 Å². The van der Waals surface area contributed by atoms with E-state index in [1.54, 1.807) is 39.8 Å². The Balaban J connectivity index is 2.18. The fraction of sp³-hybridized carbons (Fsp3) is 0.417. The molecular weight excluding hydrogens is 474 g/mol. The van der Waals surface area contributed by atoms with Crippen molar-refractivity contribution in [2.24, 2.45) is 10.9 Å². The standard InChI is InChI=1S/C24H27N3O7S/c1-6-33-24(29)21-15(4)26-22(35-21)18-13(2)25-14(3)19(23(28)34-11-10-32-5)20(18)16-8-7-9-17(12-16)27(30)31/h7-9,12,19-20H,6,10-11H2,1-5H3. The zero-order valence-corrected chi connectivity index (χ0v) is 21.0. The van der Waals surface area contributed by atoms with Crippen LogP contribution in [0.2, 0.25) is 0 Å². The summed E-state index contributed by atoms with van der Waals surface area (Å²) in [6.45, 7) is 7.45. The Kier molecular flexibility index (Phi) is 8.47. The number of thiazole rings is 1. The molecule has 0 radical (unpaired) electrons. The minimum Gasteiger partial charge on any atom is -0.463 e. The third kappa shape index (κ3) is 5.63. The summed E-state index contributed by atoms with van der Waals surface area (Å²) in [5.41, 5.74) is 2.66. The maximum absolute atomic E-state index is 13.2. The van der Waals surface area contributed by atoms with E-state index in [-0.39, 0.29) is 25.5 Å². The second kappa shape index (κ2) is 11.3. The van der Waals surface area contributed by atoms with Crippen LogP contribution in [0.1, 0.15) is 52.6 Å². The molecule has 0 fully saturated rings. The van der Waals surface area contributed by atoms with Gasteiger partial charge in [-0.1, -0.05) is 12.1 Å². The predicted molar refractivity (Wildman–Crippen MR) is 131 cm³/mol. The number of nitro benzene ring substituents is 1. The van der Waals surface area contributed by atoms with Gasteiger partial charge in [0.05, 0.1) is 23.8 Å². The molecule has 10 nitrogen and oxygen atoms in total. The maximum atomic E-state index is 13.2. The molecule has 0 amide bonds. The third-order valence-electron chi connectivity index (χ3n) is 5.54. The molecule has 1 aromatic heterocycles. The molecule has 2 aromatic rings. The number of aryl methyl sites for hydroxylation is 1. The second-order valence-corrected chi connectivity index (χ2v) is 8.87. The van der Waals surface area contributed by atoms with Crippen molar-refractivity contribution in [2.75, 3.05) is 26.9 Å². The number of esters is 2. The lowest BCUT2D eigenvalue weighted by atomic mass is 9.75. The molecule has 35 heavy (non-hydrogen) atoms. The van der Waals surface area contributed by atoms with Crippen LogP contribution in [0, 0.1) is 23.0 Å². The number of methoxy groups -OCH3 is 1. The number of rotatable bonds is 9. The largest absolute Gasteiger partial charge is 0.463 e. The van der Waals surface area contributed by atoms with E-state index in [1.165, 1.54) is 19.2 Å². The molecule has 3 rings (SSSR count). The van der Waals surface area contributed by atoms with Gasteiger partial charge in [-0.3, -0.25) is 19.9 Å². The van der Waals surface area contributed by atoms with Crippen LogP contribution in [-0.4, -0.2) is 54.5 Å². The topological polar surface area (TPSA) is 130 Å². The van der Waals surface area contributed by atoms with Crippen molar-refractivity contribution in [1.29, 1.82) is 0 Å². The van der Waals surface area contributed by atoms with Gasteiger partial charge in [0, 0.05) is 42.1 Å². The molecule has 0 aliphatic carbocycles. The highest BCUT2D eigenvalue weighted by Gasteiger charge is 2.41. The van der Waals surface area contributed by atoms with Crippen LogP contribution in [0.3, 0.4) is 0 Å². The van der Waals surface area contributed by atoms with Crippen molar-refractivity contribution in [3.63, 3.8) is 0 Å². The van der Waals surface area contributed by atoms with Crippen molar-refractivity contribution >= 4 is 40.2 Å². The average molecular weight is 502 g/mol. The first-order valence-corrected chi connectivity index (χ1v) is 11.8. The number of carbonyl (C=O) groups is 2. The Bertz CT molecular complexity index is 1200. The molecule has 0 N–H and O–H groups in total. The minimum absolute atomic E-state index is 0.0577. The molecule has 186 valence electrons. The highest BCUT2D eigenvalue weighted by molar-refractivity contribution is 7.14. The fourth-order valence-corrected chi connectivity index (χ4v) is 5.12. The molecule has 0 bridgehead atoms. The molecule has 1 aromatic carbocycles. The number of nitrogens with zero attached hydrogens (tertiary/aromatic N) is 3. The number of non-ortho nitro benzene ring substituents is 1. The van der Waals surface area contributed by atoms with E-state index in [4.69, 9.17) is 14.2 Å². The van der Waals surface area contributed by atoms with E-state index in [1.807, 2.05) is 0 Å². The van der Waals surface area contributed by atoms with E-state index in [2.05, 4.69) is 9.98 Å². The summed E-state index contributed by atoms with van der Waals surface area (Å²) in [5, 5.41) is 12.0. The summed E-state index contributed by atoms with van der Waals surface area (Å²) in [4.78, 5) is 46.2. The molecule has 1 aliphatic heterocycles. The van der Waals surface area contributed by atoms with E-state index in [0.717, 1.165) is 11.3 Å². The minimum atomic E-state index is -0.845. The zero-order valence-electron chi connectivity index (χ0n) is 20.2. The number of aromatic nitrogens is 1. The number of hydrogen-bond donors (Lipinski definition) is 0.